The van der Waals surface area contributed by atoms with Gasteiger partial charge in [-0.05, 0) is 45.1 Å². The molecule has 0 aromatic carbocycles. The van der Waals surface area contributed by atoms with Crippen LogP contribution in [0.5, 0.6) is 0 Å². The van der Waals surface area contributed by atoms with E-state index in [1.165, 1.54) is 32.1 Å². The van der Waals surface area contributed by atoms with Crippen LogP contribution in [-0.2, 0) is 4.79 Å². The van der Waals surface area contributed by atoms with Crippen LogP contribution in [0.15, 0.2) is 11.6 Å². The normalized spacial score (nSPS) is 25.2. The molecule has 2 fully saturated rings. The Balaban J connectivity index is 1.76. The molecular formula is C18H29N3OS. The van der Waals surface area contributed by atoms with Crippen LogP contribution < -0.4 is 4.90 Å². The van der Waals surface area contributed by atoms with Crippen LogP contribution in [0.2, 0.25) is 0 Å². The highest BCUT2D eigenvalue weighted by molar-refractivity contribution is 7.13. The van der Waals surface area contributed by atoms with E-state index in [0.717, 1.165) is 31.1 Å². The van der Waals surface area contributed by atoms with E-state index in [2.05, 4.69) is 23.7 Å². The highest BCUT2D eigenvalue weighted by atomic mass is 32.1. The molecule has 1 saturated heterocycles. The Morgan fingerprint density at radius 2 is 2.09 bits per heavy atom. The molecule has 1 aromatic rings. The van der Waals surface area contributed by atoms with E-state index in [0.29, 0.717) is 12.0 Å². The minimum atomic E-state index is -0.0384. The second kappa shape index (κ2) is 7.75. The number of piperidine rings is 1. The molecule has 23 heavy (non-hydrogen) atoms. The highest BCUT2D eigenvalue weighted by Gasteiger charge is 2.34. The second-order valence-corrected chi connectivity index (χ2v) is 8.11. The number of hydrogen-bond donors (Lipinski definition) is 0. The fourth-order valence-electron chi connectivity index (χ4n) is 4.04. The van der Waals surface area contributed by atoms with Crippen molar-refractivity contribution >= 4 is 22.4 Å². The number of rotatable bonds is 4. The maximum atomic E-state index is 13.3. The number of amides is 1. The maximum Gasteiger partial charge on any atom is 0.246 e. The Labute approximate surface area is 143 Å². The quantitative estimate of drug-likeness (QED) is 0.836. The average molecular weight is 336 g/mol. The predicted molar refractivity (Wildman–Crippen MR) is 95.9 cm³/mol. The van der Waals surface area contributed by atoms with Crippen molar-refractivity contribution in [1.29, 1.82) is 0 Å². The monoisotopic (exact) mass is 335 g/mol. The molecule has 0 N–H and O–H groups in total. The number of carbonyl (C=O) groups is 1. The lowest BCUT2D eigenvalue weighted by Gasteiger charge is -2.39. The third-order valence-corrected chi connectivity index (χ3v) is 6.17. The summed E-state index contributed by atoms with van der Waals surface area (Å²) < 4.78 is 0. The third kappa shape index (κ3) is 3.94. The van der Waals surface area contributed by atoms with Crippen molar-refractivity contribution in [2.75, 3.05) is 18.0 Å². The van der Waals surface area contributed by atoms with Gasteiger partial charge in [0, 0.05) is 24.2 Å². The highest BCUT2D eigenvalue weighted by Crippen LogP contribution is 2.30. The van der Waals surface area contributed by atoms with Gasteiger partial charge in [0.25, 0.3) is 0 Å². The molecule has 1 aliphatic carbocycles. The molecule has 4 nitrogen and oxygen atoms in total. The molecule has 1 saturated carbocycles. The zero-order chi connectivity index (χ0) is 16.2. The summed E-state index contributed by atoms with van der Waals surface area (Å²) in [6, 6.07) is 0.302. The van der Waals surface area contributed by atoms with E-state index < -0.39 is 0 Å². The van der Waals surface area contributed by atoms with E-state index >= 15 is 0 Å². The fourth-order valence-corrected chi connectivity index (χ4v) is 4.76. The van der Waals surface area contributed by atoms with Gasteiger partial charge < -0.3 is 0 Å². The van der Waals surface area contributed by atoms with Gasteiger partial charge in [-0.15, -0.1) is 11.3 Å². The lowest BCUT2D eigenvalue weighted by atomic mass is 9.93. The van der Waals surface area contributed by atoms with Crippen LogP contribution in [0.25, 0.3) is 0 Å². The van der Waals surface area contributed by atoms with E-state index in [1.807, 2.05) is 16.5 Å². The largest absolute Gasteiger partial charge is 0.292 e. The molecule has 0 unspecified atom stereocenters. The first-order valence-corrected chi connectivity index (χ1v) is 10.0. The van der Waals surface area contributed by atoms with Gasteiger partial charge in [-0.2, -0.15) is 0 Å². The number of hydrogen-bond acceptors (Lipinski definition) is 4. The Bertz CT molecular complexity index is 498. The van der Waals surface area contributed by atoms with Gasteiger partial charge in [-0.3, -0.25) is 14.6 Å². The number of carbonyl (C=O) groups excluding carboxylic acids is 1. The molecule has 1 amide bonds. The van der Waals surface area contributed by atoms with E-state index in [4.69, 9.17) is 0 Å². The first-order chi connectivity index (χ1) is 11.2. The molecular weight excluding hydrogens is 306 g/mol. The molecule has 0 radical (unpaired) electrons. The molecule has 2 atom stereocenters. The Morgan fingerprint density at radius 1 is 1.30 bits per heavy atom. The minimum absolute atomic E-state index is 0.0384. The van der Waals surface area contributed by atoms with Gasteiger partial charge in [-0.1, -0.05) is 26.2 Å². The molecule has 3 rings (SSSR count). The van der Waals surface area contributed by atoms with Crippen molar-refractivity contribution in [2.45, 2.75) is 70.9 Å². The lowest BCUT2D eigenvalue weighted by Crippen LogP contribution is -2.53. The molecule has 5 heteroatoms. The van der Waals surface area contributed by atoms with Gasteiger partial charge in [0.05, 0.1) is 6.04 Å². The number of nitrogens with zero attached hydrogens (tertiary/aromatic N) is 3. The second-order valence-electron chi connectivity index (χ2n) is 7.23. The first-order valence-electron chi connectivity index (χ1n) is 9.13. The molecule has 0 bridgehead atoms. The van der Waals surface area contributed by atoms with Crippen molar-refractivity contribution in [3.8, 4) is 0 Å². The van der Waals surface area contributed by atoms with Crippen LogP contribution in [0.4, 0.5) is 5.13 Å². The van der Waals surface area contributed by atoms with Crippen LogP contribution in [-0.4, -0.2) is 41.0 Å². The number of likely N-dealkylation sites (tertiary alicyclic amines) is 1. The van der Waals surface area contributed by atoms with Gasteiger partial charge in [0.15, 0.2) is 5.13 Å². The van der Waals surface area contributed by atoms with Crippen LogP contribution in [0.1, 0.15) is 58.8 Å². The summed E-state index contributed by atoms with van der Waals surface area (Å²) in [6.07, 6.45) is 10.3. The molecule has 2 heterocycles. The zero-order valence-electron chi connectivity index (χ0n) is 14.4. The summed E-state index contributed by atoms with van der Waals surface area (Å²) in [6.45, 7) is 6.48. The van der Waals surface area contributed by atoms with E-state index in [9.17, 15) is 4.79 Å². The first kappa shape index (κ1) is 16.9. The average Bonchev–Trinajstić information content (AvgIpc) is 3.09. The van der Waals surface area contributed by atoms with Gasteiger partial charge in [0.1, 0.15) is 0 Å². The molecule has 128 valence electrons. The van der Waals surface area contributed by atoms with Gasteiger partial charge in [-0.25, -0.2) is 4.98 Å². The van der Waals surface area contributed by atoms with E-state index in [1.54, 1.807) is 11.3 Å². The van der Waals surface area contributed by atoms with Crippen molar-refractivity contribution in [3.05, 3.63) is 11.6 Å². The summed E-state index contributed by atoms with van der Waals surface area (Å²) in [5, 5.41) is 2.87. The van der Waals surface area contributed by atoms with Crippen molar-refractivity contribution in [3.63, 3.8) is 0 Å². The molecule has 0 spiro atoms. The summed E-state index contributed by atoms with van der Waals surface area (Å²) in [5.74, 6) is 0.947. The van der Waals surface area contributed by atoms with Crippen molar-refractivity contribution < 1.29 is 4.79 Å². The zero-order valence-corrected chi connectivity index (χ0v) is 15.2. The molecule has 1 aromatic heterocycles. The van der Waals surface area contributed by atoms with E-state index in [-0.39, 0.29) is 11.9 Å². The predicted octanol–water partition coefficient (Wildman–Crippen LogP) is 3.93. The topological polar surface area (TPSA) is 36.4 Å². The van der Waals surface area contributed by atoms with Crippen LogP contribution in [0.3, 0.4) is 0 Å². The summed E-state index contributed by atoms with van der Waals surface area (Å²) in [4.78, 5) is 22.2. The molecule has 1 aliphatic heterocycles. The third-order valence-electron chi connectivity index (χ3n) is 5.40. The van der Waals surface area contributed by atoms with Crippen molar-refractivity contribution in [2.24, 2.45) is 5.92 Å². The Morgan fingerprint density at radius 3 is 2.74 bits per heavy atom. The van der Waals surface area contributed by atoms with Gasteiger partial charge in [0.2, 0.25) is 5.91 Å². The minimum Gasteiger partial charge on any atom is -0.292 e. The smallest absolute Gasteiger partial charge is 0.246 e. The fraction of sp³-hybridized carbons (Fsp3) is 0.778. The Kier molecular flexibility index (Phi) is 5.70. The summed E-state index contributed by atoms with van der Waals surface area (Å²) in [5.41, 5.74) is 0. The standard InChI is InChI=1S/C18H29N3OS/c1-14-7-6-11-20(13-14)15(2)17(22)21(18-19-10-12-23-18)16-8-4-3-5-9-16/h10,12,14-16H,3-9,11,13H2,1-2H3/t14-,15-/m1/s1. The van der Waals surface area contributed by atoms with Crippen molar-refractivity contribution in [1.82, 2.24) is 9.88 Å². The summed E-state index contributed by atoms with van der Waals surface area (Å²) >= 11 is 1.59. The maximum absolute atomic E-state index is 13.3. The lowest BCUT2D eigenvalue weighted by molar-refractivity contribution is -0.124. The molecule has 2 aliphatic rings. The number of thiazole rings is 1. The number of aromatic nitrogens is 1. The summed E-state index contributed by atoms with van der Waals surface area (Å²) in [7, 11) is 0. The van der Waals surface area contributed by atoms with Crippen LogP contribution >= 0.6 is 11.3 Å². The van der Waals surface area contributed by atoms with Crippen LogP contribution in [0, 0.1) is 5.92 Å². The van der Waals surface area contributed by atoms with Gasteiger partial charge >= 0.3 is 0 Å². The Hall–Kier alpha value is -0.940. The number of anilines is 1. The SMILES string of the molecule is C[C@@H]1CCCN([C@H](C)C(=O)N(c2nccs2)C2CCCCC2)C1.